The number of aliphatic hydroxyl groups is 1. The normalized spacial score (nSPS) is 20.5. The topological polar surface area (TPSA) is 103 Å². The van der Waals surface area contributed by atoms with Gasteiger partial charge in [-0.1, -0.05) is 26.7 Å². The first kappa shape index (κ1) is 18.6. The van der Waals surface area contributed by atoms with Gasteiger partial charge in [-0.2, -0.15) is 4.98 Å². The average Bonchev–Trinajstić information content (AvgIpc) is 3.00. The van der Waals surface area contributed by atoms with Gasteiger partial charge < -0.3 is 19.9 Å². The van der Waals surface area contributed by atoms with Gasteiger partial charge in [-0.25, -0.2) is 4.79 Å². The molecule has 2 atom stereocenters. The van der Waals surface area contributed by atoms with Crippen molar-refractivity contribution < 1.29 is 19.4 Å². The summed E-state index contributed by atoms with van der Waals surface area (Å²) in [6, 6.07) is 1.54. The number of nitrogens with zero attached hydrogens (tertiary/aromatic N) is 2. The van der Waals surface area contributed by atoms with Gasteiger partial charge in [0.15, 0.2) is 12.5 Å². The Balaban J connectivity index is 1.86. The van der Waals surface area contributed by atoms with Crippen molar-refractivity contribution in [2.75, 3.05) is 18.5 Å². The number of hydrogen-bond donors (Lipinski definition) is 2. The van der Waals surface area contributed by atoms with Crippen molar-refractivity contribution in [3.05, 3.63) is 22.7 Å². The van der Waals surface area contributed by atoms with Crippen molar-refractivity contribution in [3.63, 3.8) is 0 Å². The van der Waals surface area contributed by atoms with Crippen LogP contribution >= 0.6 is 0 Å². The number of amides is 1. The highest BCUT2D eigenvalue weighted by Crippen LogP contribution is 2.19. The lowest BCUT2D eigenvalue weighted by atomic mass is 10.1. The van der Waals surface area contributed by atoms with E-state index in [2.05, 4.69) is 24.1 Å². The van der Waals surface area contributed by atoms with Gasteiger partial charge in [0.2, 0.25) is 5.91 Å². The van der Waals surface area contributed by atoms with E-state index >= 15 is 0 Å². The highest BCUT2D eigenvalue weighted by atomic mass is 16.7. The summed E-state index contributed by atoms with van der Waals surface area (Å²) >= 11 is 0. The van der Waals surface area contributed by atoms with Gasteiger partial charge in [0.05, 0.1) is 13.2 Å². The number of anilines is 1. The van der Waals surface area contributed by atoms with Gasteiger partial charge in [-0.3, -0.25) is 9.36 Å². The third-order valence-electron chi connectivity index (χ3n) is 3.73. The number of unbranched alkanes of at least 4 members (excludes halogenated alkanes) is 1. The fourth-order valence-corrected chi connectivity index (χ4v) is 2.43. The molecule has 1 amide bonds. The quantitative estimate of drug-likeness (QED) is 0.691. The Morgan fingerprint density at radius 2 is 2.29 bits per heavy atom. The molecule has 8 heteroatoms. The molecule has 1 saturated heterocycles. The fraction of sp³-hybridized carbons (Fsp3) is 0.688. The molecule has 0 unspecified atom stereocenters. The minimum absolute atomic E-state index is 0.149. The van der Waals surface area contributed by atoms with Crippen molar-refractivity contribution in [2.45, 2.75) is 52.0 Å². The summed E-state index contributed by atoms with van der Waals surface area (Å²) in [5.41, 5.74) is -0.542. The fourth-order valence-electron chi connectivity index (χ4n) is 2.43. The minimum Gasteiger partial charge on any atom is -0.391 e. The number of aliphatic hydroxyl groups excluding tert-OH is 1. The number of nitrogens with one attached hydrogen (secondary N) is 1. The van der Waals surface area contributed by atoms with E-state index in [4.69, 9.17) is 14.6 Å². The summed E-state index contributed by atoms with van der Waals surface area (Å²) < 4.78 is 11.8. The van der Waals surface area contributed by atoms with Gasteiger partial charge in [0, 0.05) is 12.6 Å². The van der Waals surface area contributed by atoms with Gasteiger partial charge in [-0.15, -0.1) is 0 Å². The lowest BCUT2D eigenvalue weighted by Crippen LogP contribution is -2.29. The maximum Gasteiger partial charge on any atom is 0.351 e. The summed E-state index contributed by atoms with van der Waals surface area (Å²) in [4.78, 5) is 27.7. The van der Waals surface area contributed by atoms with Crippen LogP contribution in [0.5, 0.6) is 0 Å². The van der Waals surface area contributed by atoms with Crippen molar-refractivity contribution >= 4 is 11.7 Å². The highest BCUT2D eigenvalue weighted by molar-refractivity contribution is 5.89. The van der Waals surface area contributed by atoms with E-state index in [1.807, 2.05) is 0 Å². The Hall–Kier alpha value is -1.77. The molecule has 0 bridgehead atoms. The minimum atomic E-state index is -0.730. The number of carbonyl (C=O) groups is 1. The van der Waals surface area contributed by atoms with Crippen LogP contribution in [0.25, 0.3) is 0 Å². The number of hydrogen-bond acceptors (Lipinski definition) is 6. The Kier molecular flexibility index (Phi) is 6.89. The molecule has 0 spiro atoms. The van der Waals surface area contributed by atoms with E-state index in [9.17, 15) is 9.59 Å². The second-order valence-corrected chi connectivity index (χ2v) is 6.23. The van der Waals surface area contributed by atoms with Crippen molar-refractivity contribution in [3.8, 4) is 0 Å². The molecule has 0 aromatic carbocycles. The Morgan fingerprint density at radius 3 is 2.92 bits per heavy atom. The summed E-state index contributed by atoms with van der Waals surface area (Å²) in [6.07, 6.45) is 3.48. The molecule has 1 aliphatic heterocycles. The molecular weight excluding hydrogens is 314 g/mol. The van der Waals surface area contributed by atoms with Crippen molar-refractivity contribution in [1.82, 2.24) is 9.55 Å². The first-order chi connectivity index (χ1) is 11.5. The van der Waals surface area contributed by atoms with E-state index in [1.54, 1.807) is 6.07 Å². The first-order valence-electron chi connectivity index (χ1n) is 8.26. The summed E-state index contributed by atoms with van der Waals surface area (Å²) in [7, 11) is 0. The van der Waals surface area contributed by atoms with Crippen LogP contribution in [0.15, 0.2) is 17.1 Å². The van der Waals surface area contributed by atoms with Crippen LogP contribution in [0.2, 0.25) is 0 Å². The molecule has 8 nitrogen and oxygen atoms in total. The molecule has 0 saturated carbocycles. The smallest absolute Gasteiger partial charge is 0.351 e. The van der Waals surface area contributed by atoms with Crippen LogP contribution in [0.3, 0.4) is 0 Å². The van der Waals surface area contributed by atoms with Crippen molar-refractivity contribution in [1.29, 1.82) is 0 Å². The lowest BCUT2D eigenvalue weighted by molar-refractivity contribution is -0.116. The average molecular weight is 339 g/mol. The summed E-state index contributed by atoms with van der Waals surface area (Å²) in [5.74, 6) is 0.710. The SMILES string of the molecule is CC(C)CCCCC(=O)Nc1ccn([C@@H]2CO[C@H](CO)O2)c(=O)n1. The first-order valence-corrected chi connectivity index (χ1v) is 8.26. The van der Waals surface area contributed by atoms with E-state index in [-0.39, 0.29) is 24.9 Å². The molecule has 0 aliphatic carbocycles. The third-order valence-corrected chi connectivity index (χ3v) is 3.73. The van der Waals surface area contributed by atoms with E-state index < -0.39 is 18.2 Å². The van der Waals surface area contributed by atoms with Crippen LogP contribution < -0.4 is 11.0 Å². The standard InChI is InChI=1S/C16H25N3O5/c1-11(2)5-3-4-6-13(21)17-12-7-8-19(16(22)18-12)14-10-23-15(9-20)24-14/h7-8,11,14-15,20H,3-6,9-10H2,1-2H3,(H,17,18,21,22)/t14-,15-/m0/s1. The molecule has 2 heterocycles. The molecule has 134 valence electrons. The predicted molar refractivity (Wildman–Crippen MR) is 87.4 cm³/mol. The number of rotatable bonds is 8. The molecule has 1 aliphatic rings. The zero-order chi connectivity index (χ0) is 17.5. The van der Waals surface area contributed by atoms with Crippen LogP contribution in [0, 0.1) is 5.92 Å². The zero-order valence-corrected chi connectivity index (χ0v) is 14.1. The molecule has 2 rings (SSSR count). The molecule has 1 fully saturated rings. The maximum atomic E-state index is 12.0. The second-order valence-electron chi connectivity index (χ2n) is 6.23. The Bertz CT molecular complexity index is 602. The predicted octanol–water partition coefficient (Wildman–Crippen LogP) is 1.26. The number of ether oxygens (including phenoxy) is 2. The second kappa shape index (κ2) is 8.91. The lowest BCUT2D eigenvalue weighted by Gasteiger charge is -2.12. The number of aromatic nitrogens is 2. The van der Waals surface area contributed by atoms with Crippen LogP contribution in [0.4, 0.5) is 5.82 Å². The van der Waals surface area contributed by atoms with Crippen LogP contribution in [-0.4, -0.2) is 40.1 Å². The Labute approximate surface area is 140 Å². The largest absolute Gasteiger partial charge is 0.391 e. The van der Waals surface area contributed by atoms with E-state index in [0.29, 0.717) is 12.3 Å². The summed E-state index contributed by atoms with van der Waals surface area (Å²) in [6.45, 7) is 4.19. The third kappa shape index (κ3) is 5.40. The highest BCUT2D eigenvalue weighted by Gasteiger charge is 2.27. The van der Waals surface area contributed by atoms with Gasteiger partial charge in [0.1, 0.15) is 5.82 Å². The van der Waals surface area contributed by atoms with Crippen LogP contribution in [-0.2, 0) is 14.3 Å². The molecule has 2 N–H and O–H groups in total. The maximum absolute atomic E-state index is 12.0. The van der Waals surface area contributed by atoms with E-state index in [1.165, 1.54) is 10.8 Å². The van der Waals surface area contributed by atoms with Crippen LogP contribution in [0.1, 0.15) is 45.8 Å². The number of carbonyl (C=O) groups excluding carboxylic acids is 1. The molecule has 1 aromatic heterocycles. The van der Waals surface area contributed by atoms with Gasteiger partial charge in [-0.05, 0) is 18.4 Å². The van der Waals surface area contributed by atoms with Crippen molar-refractivity contribution in [2.24, 2.45) is 5.92 Å². The molecule has 0 radical (unpaired) electrons. The van der Waals surface area contributed by atoms with Gasteiger partial charge in [0.25, 0.3) is 0 Å². The monoisotopic (exact) mass is 339 g/mol. The molecule has 1 aromatic rings. The molecule has 24 heavy (non-hydrogen) atoms. The summed E-state index contributed by atoms with van der Waals surface area (Å²) in [5, 5.41) is 11.6. The van der Waals surface area contributed by atoms with Gasteiger partial charge >= 0.3 is 5.69 Å². The Morgan fingerprint density at radius 1 is 1.50 bits per heavy atom. The van der Waals surface area contributed by atoms with E-state index in [0.717, 1.165) is 19.3 Å². The zero-order valence-electron chi connectivity index (χ0n) is 14.1. The molecular formula is C16H25N3O5.